The zero-order valence-electron chi connectivity index (χ0n) is 27.7. The number of carbonyl (C=O) groups is 2. The van der Waals surface area contributed by atoms with Crippen LogP contribution in [0.4, 0.5) is 4.39 Å². The standard InChI is InChI=1S/C41H33FN2O6/c1-47-31-19-16-29(33(22-31)48-2)24-44-40(45)34-35(41(44)46)39(49-3)36-32(21-26(23-43-36)20-25-14-17-30(42)18-15-25)38(34)50-37(27-10-6-4-7-11-27)28-12-8-5-9-13-28/h4-19,21-23,37H,20,24H2,1-3H3. The van der Waals surface area contributed by atoms with E-state index in [4.69, 9.17) is 23.9 Å². The van der Waals surface area contributed by atoms with Crippen LogP contribution in [0.25, 0.3) is 10.9 Å². The number of ether oxygens (including phenoxy) is 4. The summed E-state index contributed by atoms with van der Waals surface area (Å²) in [5.74, 6) is 0.0243. The third-order valence-corrected chi connectivity index (χ3v) is 8.81. The molecule has 1 aliphatic heterocycles. The minimum atomic E-state index is -0.641. The molecule has 2 heterocycles. The van der Waals surface area contributed by atoms with Crippen LogP contribution in [0.3, 0.4) is 0 Å². The van der Waals surface area contributed by atoms with Gasteiger partial charge in [-0.05, 0) is 59.0 Å². The Hall–Kier alpha value is -6.22. The average Bonchev–Trinajstić information content (AvgIpc) is 3.40. The van der Waals surface area contributed by atoms with Crippen molar-refractivity contribution in [2.75, 3.05) is 21.3 Å². The number of pyridine rings is 1. The number of benzene rings is 5. The van der Waals surface area contributed by atoms with Crippen molar-refractivity contribution in [2.24, 2.45) is 0 Å². The van der Waals surface area contributed by atoms with Crippen molar-refractivity contribution in [3.05, 3.63) is 160 Å². The lowest BCUT2D eigenvalue weighted by atomic mass is 9.97. The van der Waals surface area contributed by atoms with Gasteiger partial charge < -0.3 is 18.9 Å². The Bertz CT molecular complexity index is 2170. The van der Waals surface area contributed by atoms with Crippen molar-refractivity contribution < 1.29 is 32.9 Å². The predicted octanol–water partition coefficient (Wildman–Crippen LogP) is 7.96. The van der Waals surface area contributed by atoms with Gasteiger partial charge in [0.15, 0.2) is 5.75 Å². The third-order valence-electron chi connectivity index (χ3n) is 8.81. The van der Waals surface area contributed by atoms with Gasteiger partial charge in [-0.3, -0.25) is 19.5 Å². The summed E-state index contributed by atoms with van der Waals surface area (Å²) in [4.78, 5) is 34.8. The number of amides is 2. The molecule has 0 spiro atoms. The summed E-state index contributed by atoms with van der Waals surface area (Å²) < 4.78 is 37.5. The summed E-state index contributed by atoms with van der Waals surface area (Å²) in [7, 11) is 4.52. The number of hydrogen-bond acceptors (Lipinski definition) is 7. The van der Waals surface area contributed by atoms with E-state index in [2.05, 4.69) is 0 Å². The van der Waals surface area contributed by atoms with E-state index in [9.17, 15) is 14.0 Å². The number of methoxy groups -OCH3 is 3. The minimum Gasteiger partial charge on any atom is -0.497 e. The molecule has 0 atom stereocenters. The van der Waals surface area contributed by atoms with Crippen molar-refractivity contribution in [1.82, 2.24) is 9.88 Å². The maximum atomic E-state index is 14.6. The number of aromatic nitrogens is 1. The van der Waals surface area contributed by atoms with Crippen LogP contribution in [-0.4, -0.2) is 43.0 Å². The highest BCUT2D eigenvalue weighted by atomic mass is 19.1. The summed E-state index contributed by atoms with van der Waals surface area (Å²) in [6, 6.07) is 32.7. The molecular formula is C41H33FN2O6. The highest BCUT2D eigenvalue weighted by Crippen LogP contribution is 2.47. The maximum absolute atomic E-state index is 14.6. The van der Waals surface area contributed by atoms with Gasteiger partial charge in [0, 0.05) is 23.2 Å². The van der Waals surface area contributed by atoms with Crippen LogP contribution < -0.4 is 18.9 Å². The van der Waals surface area contributed by atoms with Gasteiger partial charge >= 0.3 is 0 Å². The Morgan fingerprint density at radius 1 is 0.700 bits per heavy atom. The molecule has 0 fully saturated rings. The number of rotatable bonds is 11. The van der Waals surface area contributed by atoms with E-state index in [1.807, 2.05) is 66.7 Å². The largest absolute Gasteiger partial charge is 0.497 e. The molecular weight excluding hydrogens is 635 g/mol. The molecule has 0 saturated heterocycles. The summed E-state index contributed by atoms with van der Waals surface area (Å²) in [5, 5.41) is 0.502. The van der Waals surface area contributed by atoms with Gasteiger partial charge in [-0.1, -0.05) is 72.8 Å². The first-order valence-corrected chi connectivity index (χ1v) is 16.0. The van der Waals surface area contributed by atoms with Crippen molar-refractivity contribution in [1.29, 1.82) is 0 Å². The van der Waals surface area contributed by atoms with Crippen molar-refractivity contribution in [3.63, 3.8) is 0 Å². The predicted molar refractivity (Wildman–Crippen MR) is 187 cm³/mol. The van der Waals surface area contributed by atoms with E-state index >= 15 is 0 Å². The molecule has 0 unspecified atom stereocenters. The van der Waals surface area contributed by atoms with E-state index in [0.717, 1.165) is 22.3 Å². The summed E-state index contributed by atoms with van der Waals surface area (Å²) in [5.41, 5.74) is 4.51. The Kier molecular flexibility index (Phi) is 8.87. The second-order valence-corrected chi connectivity index (χ2v) is 11.8. The SMILES string of the molecule is COc1ccc(CN2C(=O)c3c(c(OC)c4ncc(Cc5ccc(F)cc5)cc4c3OC(c3ccccc3)c3ccccc3)C2=O)c(OC)c1. The van der Waals surface area contributed by atoms with Gasteiger partial charge in [0.25, 0.3) is 11.8 Å². The van der Waals surface area contributed by atoms with Crippen LogP contribution in [0.15, 0.2) is 115 Å². The first kappa shape index (κ1) is 32.3. The fourth-order valence-corrected chi connectivity index (χ4v) is 6.37. The van der Waals surface area contributed by atoms with E-state index in [1.54, 1.807) is 43.6 Å². The normalized spacial score (nSPS) is 12.4. The van der Waals surface area contributed by atoms with Crippen LogP contribution in [0, 0.1) is 5.82 Å². The van der Waals surface area contributed by atoms with E-state index in [0.29, 0.717) is 34.4 Å². The Balaban J connectivity index is 1.42. The van der Waals surface area contributed by atoms with Crippen LogP contribution in [0.2, 0.25) is 0 Å². The molecule has 7 rings (SSSR count). The second kappa shape index (κ2) is 13.7. The summed E-state index contributed by atoms with van der Waals surface area (Å²) in [6.07, 6.45) is 1.49. The molecule has 1 aromatic heterocycles. The van der Waals surface area contributed by atoms with Crippen LogP contribution in [0.1, 0.15) is 54.6 Å². The minimum absolute atomic E-state index is 0.0670. The van der Waals surface area contributed by atoms with E-state index in [1.165, 1.54) is 31.3 Å². The van der Waals surface area contributed by atoms with E-state index < -0.39 is 17.9 Å². The molecule has 0 saturated carbocycles. The maximum Gasteiger partial charge on any atom is 0.265 e. The third kappa shape index (κ3) is 5.98. The fraction of sp³-hybridized carbons (Fsp3) is 0.146. The summed E-state index contributed by atoms with van der Waals surface area (Å²) in [6.45, 7) is -0.0670. The summed E-state index contributed by atoms with van der Waals surface area (Å²) >= 11 is 0. The molecule has 50 heavy (non-hydrogen) atoms. The second-order valence-electron chi connectivity index (χ2n) is 11.8. The van der Waals surface area contributed by atoms with Gasteiger partial charge in [0.1, 0.15) is 40.2 Å². The highest BCUT2D eigenvalue weighted by molar-refractivity contribution is 6.27. The van der Waals surface area contributed by atoms with Gasteiger partial charge in [-0.15, -0.1) is 0 Å². The molecule has 5 aromatic carbocycles. The highest BCUT2D eigenvalue weighted by Gasteiger charge is 2.44. The lowest BCUT2D eigenvalue weighted by molar-refractivity contribution is 0.0639. The molecule has 0 N–H and O–H groups in total. The zero-order chi connectivity index (χ0) is 34.8. The molecule has 0 bridgehead atoms. The molecule has 9 heteroatoms. The number of carbonyl (C=O) groups excluding carboxylic acids is 2. The number of imide groups is 1. The molecule has 6 aromatic rings. The Morgan fingerprint density at radius 2 is 1.34 bits per heavy atom. The van der Waals surface area contributed by atoms with Gasteiger partial charge in [-0.2, -0.15) is 0 Å². The van der Waals surface area contributed by atoms with Crippen molar-refractivity contribution in [2.45, 2.75) is 19.1 Å². The topological polar surface area (TPSA) is 87.2 Å². The zero-order valence-corrected chi connectivity index (χ0v) is 27.7. The lowest BCUT2D eigenvalue weighted by Gasteiger charge is -2.23. The van der Waals surface area contributed by atoms with Crippen LogP contribution in [0.5, 0.6) is 23.0 Å². The first-order chi connectivity index (χ1) is 24.4. The quantitative estimate of drug-likeness (QED) is 0.130. The fourth-order valence-electron chi connectivity index (χ4n) is 6.37. The molecule has 0 aliphatic carbocycles. The van der Waals surface area contributed by atoms with Crippen LogP contribution in [-0.2, 0) is 13.0 Å². The Morgan fingerprint density at radius 3 is 1.94 bits per heavy atom. The van der Waals surface area contributed by atoms with Gasteiger partial charge in [0.2, 0.25) is 0 Å². The molecule has 0 radical (unpaired) electrons. The van der Waals surface area contributed by atoms with Gasteiger partial charge in [0.05, 0.1) is 33.4 Å². The molecule has 8 nitrogen and oxygen atoms in total. The number of halogens is 1. The van der Waals surface area contributed by atoms with E-state index in [-0.39, 0.29) is 35.0 Å². The van der Waals surface area contributed by atoms with Gasteiger partial charge in [-0.25, -0.2) is 4.39 Å². The molecule has 250 valence electrons. The lowest BCUT2D eigenvalue weighted by Crippen LogP contribution is -2.29. The smallest absolute Gasteiger partial charge is 0.265 e. The molecule has 2 amide bonds. The average molecular weight is 669 g/mol. The monoisotopic (exact) mass is 668 g/mol. The number of hydrogen-bond donors (Lipinski definition) is 0. The Labute approximate surface area is 288 Å². The van der Waals surface area contributed by atoms with Crippen molar-refractivity contribution in [3.8, 4) is 23.0 Å². The number of fused-ring (bicyclic) bond motifs is 2. The number of nitrogens with zero attached hydrogens (tertiary/aromatic N) is 2. The van der Waals surface area contributed by atoms with Crippen LogP contribution >= 0.6 is 0 Å². The van der Waals surface area contributed by atoms with Crippen molar-refractivity contribution >= 4 is 22.7 Å². The molecule has 1 aliphatic rings. The first-order valence-electron chi connectivity index (χ1n) is 16.0.